The Hall–Kier alpha value is -2.99. The Morgan fingerprint density at radius 3 is 2.88 bits per heavy atom. The first-order chi connectivity index (χ1) is 12.6. The maximum Gasteiger partial charge on any atom is 0.326 e. The average molecular weight is 371 g/mol. The number of hydrogen-bond donors (Lipinski definition) is 1. The Kier molecular flexibility index (Phi) is 5.43. The number of aromatic nitrogens is 2. The van der Waals surface area contributed by atoms with Crippen LogP contribution in [0.25, 0.3) is 0 Å². The number of hydrogen-bond acceptors (Lipinski definition) is 8. The van der Waals surface area contributed by atoms with Gasteiger partial charge in [0.1, 0.15) is 17.6 Å². The van der Waals surface area contributed by atoms with E-state index in [1.165, 1.54) is 16.2 Å². The van der Waals surface area contributed by atoms with Gasteiger partial charge in [-0.25, -0.2) is 9.97 Å². The number of carbonyl (C=O) groups excluding carboxylic acids is 2. The summed E-state index contributed by atoms with van der Waals surface area (Å²) in [7, 11) is 1.66. The standard InChI is InChI=1S/C17H17N5O3S/c1-22(17-19-6-3-7-20-17)9-15(24)25-10-14(23)21-16-12(8-18)11-4-2-5-13(11)26-16/h3,6-7H,2,4-5,9-10H2,1H3,(H,21,23). The van der Waals surface area contributed by atoms with Crippen LogP contribution in [0.5, 0.6) is 0 Å². The van der Waals surface area contributed by atoms with Crippen LogP contribution >= 0.6 is 11.3 Å². The number of carbonyl (C=O) groups is 2. The van der Waals surface area contributed by atoms with E-state index in [2.05, 4.69) is 21.4 Å². The third-order valence-electron chi connectivity index (χ3n) is 3.91. The lowest BCUT2D eigenvalue weighted by atomic mass is 10.1. The molecular formula is C17H17N5O3S. The zero-order valence-electron chi connectivity index (χ0n) is 14.2. The van der Waals surface area contributed by atoms with E-state index < -0.39 is 18.5 Å². The van der Waals surface area contributed by atoms with Crippen LogP contribution < -0.4 is 10.2 Å². The number of likely N-dealkylation sites (N-methyl/N-ethyl adjacent to an activating group) is 1. The highest BCUT2D eigenvalue weighted by Gasteiger charge is 2.23. The number of anilines is 2. The molecule has 2 aromatic rings. The van der Waals surface area contributed by atoms with E-state index in [-0.39, 0.29) is 6.54 Å². The van der Waals surface area contributed by atoms with Crippen LogP contribution in [-0.4, -0.2) is 42.0 Å². The third-order valence-corrected chi connectivity index (χ3v) is 5.12. The predicted octanol–water partition coefficient (Wildman–Crippen LogP) is 1.52. The number of aryl methyl sites for hydroxylation is 1. The minimum absolute atomic E-state index is 0.0754. The maximum atomic E-state index is 12.0. The van der Waals surface area contributed by atoms with Gasteiger partial charge in [-0.1, -0.05) is 0 Å². The summed E-state index contributed by atoms with van der Waals surface area (Å²) in [6, 6.07) is 3.83. The van der Waals surface area contributed by atoms with Gasteiger partial charge in [0.2, 0.25) is 5.95 Å². The topological polar surface area (TPSA) is 108 Å². The van der Waals surface area contributed by atoms with Crippen LogP contribution in [0.2, 0.25) is 0 Å². The molecule has 0 spiro atoms. The largest absolute Gasteiger partial charge is 0.454 e. The second-order valence-electron chi connectivity index (χ2n) is 5.79. The summed E-state index contributed by atoms with van der Waals surface area (Å²) in [6.07, 6.45) is 5.99. The molecule has 8 nitrogen and oxygen atoms in total. The summed E-state index contributed by atoms with van der Waals surface area (Å²) in [5.41, 5.74) is 1.57. The highest BCUT2D eigenvalue weighted by molar-refractivity contribution is 7.16. The molecule has 26 heavy (non-hydrogen) atoms. The summed E-state index contributed by atoms with van der Waals surface area (Å²) in [6.45, 7) is -0.482. The summed E-state index contributed by atoms with van der Waals surface area (Å²) < 4.78 is 4.99. The zero-order chi connectivity index (χ0) is 18.5. The minimum atomic E-state index is -0.565. The second-order valence-corrected chi connectivity index (χ2v) is 6.89. The van der Waals surface area contributed by atoms with Crippen molar-refractivity contribution in [2.75, 3.05) is 30.4 Å². The molecule has 9 heteroatoms. The van der Waals surface area contributed by atoms with Gasteiger partial charge in [-0.15, -0.1) is 11.3 Å². The first-order valence-electron chi connectivity index (χ1n) is 8.06. The molecular weight excluding hydrogens is 354 g/mol. The number of nitrogens with zero attached hydrogens (tertiary/aromatic N) is 4. The van der Waals surface area contributed by atoms with Crippen molar-refractivity contribution in [3.63, 3.8) is 0 Å². The average Bonchev–Trinajstić information content (AvgIpc) is 3.21. The van der Waals surface area contributed by atoms with Gasteiger partial charge in [0.05, 0.1) is 5.56 Å². The number of nitriles is 1. The lowest BCUT2D eigenvalue weighted by Crippen LogP contribution is -2.30. The van der Waals surface area contributed by atoms with E-state index >= 15 is 0 Å². The van der Waals surface area contributed by atoms with Gasteiger partial charge < -0.3 is 15.0 Å². The molecule has 1 amide bonds. The van der Waals surface area contributed by atoms with Crippen molar-refractivity contribution in [2.45, 2.75) is 19.3 Å². The van der Waals surface area contributed by atoms with Crippen molar-refractivity contribution in [1.82, 2.24) is 9.97 Å². The van der Waals surface area contributed by atoms with Crippen molar-refractivity contribution >= 4 is 34.2 Å². The van der Waals surface area contributed by atoms with E-state index in [4.69, 9.17) is 4.74 Å². The molecule has 0 bridgehead atoms. The zero-order valence-corrected chi connectivity index (χ0v) is 15.0. The van der Waals surface area contributed by atoms with Crippen LogP contribution in [0, 0.1) is 11.3 Å². The number of nitrogens with one attached hydrogen (secondary N) is 1. The summed E-state index contributed by atoms with van der Waals surface area (Å²) in [5.74, 6) is -0.640. The van der Waals surface area contributed by atoms with Crippen LogP contribution in [-0.2, 0) is 27.2 Å². The van der Waals surface area contributed by atoms with Crippen LogP contribution in [0.3, 0.4) is 0 Å². The van der Waals surface area contributed by atoms with Crippen LogP contribution in [0.1, 0.15) is 22.4 Å². The quantitative estimate of drug-likeness (QED) is 0.767. The van der Waals surface area contributed by atoms with Crippen molar-refractivity contribution in [2.24, 2.45) is 0 Å². The van der Waals surface area contributed by atoms with E-state index in [0.29, 0.717) is 16.5 Å². The Balaban J connectivity index is 1.50. The van der Waals surface area contributed by atoms with Crippen molar-refractivity contribution in [1.29, 1.82) is 5.26 Å². The van der Waals surface area contributed by atoms with Crippen molar-refractivity contribution < 1.29 is 14.3 Å². The van der Waals surface area contributed by atoms with Gasteiger partial charge in [0.25, 0.3) is 5.91 Å². The maximum absolute atomic E-state index is 12.0. The smallest absolute Gasteiger partial charge is 0.326 e. The Morgan fingerprint density at radius 1 is 1.38 bits per heavy atom. The number of thiophene rings is 1. The molecule has 3 rings (SSSR count). The molecule has 0 fully saturated rings. The molecule has 1 N–H and O–H groups in total. The van der Waals surface area contributed by atoms with E-state index in [0.717, 1.165) is 29.7 Å². The predicted molar refractivity (Wildman–Crippen MR) is 95.9 cm³/mol. The molecule has 0 aromatic carbocycles. The molecule has 2 aromatic heterocycles. The fourth-order valence-corrected chi connectivity index (χ4v) is 3.97. The van der Waals surface area contributed by atoms with E-state index in [9.17, 15) is 14.9 Å². The molecule has 0 aliphatic heterocycles. The second kappa shape index (κ2) is 7.93. The third kappa shape index (κ3) is 3.97. The summed E-state index contributed by atoms with van der Waals surface area (Å²) in [5, 5.41) is 12.5. The molecule has 0 saturated carbocycles. The van der Waals surface area contributed by atoms with Gasteiger partial charge in [-0.3, -0.25) is 9.59 Å². The fourth-order valence-electron chi connectivity index (χ4n) is 2.72. The van der Waals surface area contributed by atoms with Crippen LogP contribution in [0.15, 0.2) is 18.5 Å². The van der Waals surface area contributed by atoms with Crippen LogP contribution in [0.4, 0.5) is 10.9 Å². The molecule has 0 atom stereocenters. The van der Waals surface area contributed by atoms with Gasteiger partial charge in [-0.2, -0.15) is 5.26 Å². The first-order valence-corrected chi connectivity index (χ1v) is 8.88. The lowest BCUT2D eigenvalue weighted by Gasteiger charge is -2.15. The molecule has 0 saturated heterocycles. The van der Waals surface area contributed by atoms with Gasteiger partial charge in [-0.05, 0) is 30.9 Å². The number of ether oxygens (including phenoxy) is 1. The molecule has 0 radical (unpaired) electrons. The van der Waals surface area contributed by atoms with E-state index in [1.807, 2.05) is 0 Å². The molecule has 2 heterocycles. The number of amides is 1. The van der Waals surface area contributed by atoms with Crippen molar-refractivity contribution in [3.05, 3.63) is 34.5 Å². The first kappa shape index (κ1) is 17.8. The number of fused-ring (bicyclic) bond motifs is 1. The molecule has 1 aliphatic rings. The van der Waals surface area contributed by atoms with E-state index in [1.54, 1.807) is 25.5 Å². The molecule has 1 aliphatic carbocycles. The van der Waals surface area contributed by atoms with Gasteiger partial charge in [0, 0.05) is 24.3 Å². The monoisotopic (exact) mass is 371 g/mol. The molecule has 134 valence electrons. The molecule has 0 unspecified atom stereocenters. The summed E-state index contributed by atoms with van der Waals surface area (Å²) in [4.78, 5) is 34.6. The van der Waals surface area contributed by atoms with Gasteiger partial charge >= 0.3 is 5.97 Å². The SMILES string of the molecule is CN(CC(=O)OCC(=O)Nc1sc2c(c1C#N)CCC2)c1ncccn1. The van der Waals surface area contributed by atoms with Crippen molar-refractivity contribution in [3.8, 4) is 6.07 Å². The number of esters is 1. The lowest BCUT2D eigenvalue weighted by molar-refractivity contribution is -0.145. The highest BCUT2D eigenvalue weighted by Crippen LogP contribution is 2.38. The Labute approximate surface area is 154 Å². The minimum Gasteiger partial charge on any atom is -0.454 e. The Bertz CT molecular complexity index is 859. The van der Waals surface area contributed by atoms with Gasteiger partial charge in [0.15, 0.2) is 6.61 Å². The highest BCUT2D eigenvalue weighted by atomic mass is 32.1. The fraction of sp³-hybridized carbons (Fsp3) is 0.353. The summed E-state index contributed by atoms with van der Waals surface area (Å²) >= 11 is 1.42. The Morgan fingerprint density at radius 2 is 2.15 bits per heavy atom. The normalized spacial score (nSPS) is 12.2. The number of rotatable bonds is 6.